The first kappa shape index (κ1) is 14.9. The molecule has 1 amide bonds. The molecule has 1 heterocycles. The summed E-state index contributed by atoms with van der Waals surface area (Å²) in [6, 6.07) is 8.08. The van der Waals surface area contributed by atoms with E-state index in [1.165, 1.54) is 19.3 Å². The molecule has 1 aliphatic heterocycles. The number of likely N-dealkylation sites (tertiary alicyclic amines) is 1. The van der Waals surface area contributed by atoms with Crippen molar-refractivity contribution in [2.24, 2.45) is 0 Å². The predicted octanol–water partition coefficient (Wildman–Crippen LogP) is 2.86. The smallest absolute Gasteiger partial charge is 0.241 e. The minimum Gasteiger partial charge on any atom is -0.399 e. The summed E-state index contributed by atoms with van der Waals surface area (Å²) in [5.74, 6) is 0.0513. The van der Waals surface area contributed by atoms with Crippen LogP contribution in [0.5, 0.6) is 0 Å². The third-order valence-electron chi connectivity index (χ3n) is 4.27. The molecule has 1 aromatic rings. The number of nitrogens with one attached hydrogen (secondary N) is 1. The van der Waals surface area contributed by atoms with Gasteiger partial charge in [-0.05, 0) is 57.9 Å². The van der Waals surface area contributed by atoms with Gasteiger partial charge in [-0.1, -0.05) is 6.42 Å². The molecule has 3 unspecified atom stereocenters. The van der Waals surface area contributed by atoms with Gasteiger partial charge in [0.2, 0.25) is 5.91 Å². The highest BCUT2D eigenvalue weighted by molar-refractivity contribution is 5.94. The molecule has 0 aromatic heterocycles. The number of nitrogens with zero attached hydrogens (tertiary/aromatic N) is 1. The first-order chi connectivity index (χ1) is 9.49. The largest absolute Gasteiger partial charge is 0.399 e. The zero-order chi connectivity index (χ0) is 14.7. The third-order valence-corrected chi connectivity index (χ3v) is 4.27. The van der Waals surface area contributed by atoms with Gasteiger partial charge >= 0.3 is 0 Å². The van der Waals surface area contributed by atoms with Crippen molar-refractivity contribution in [1.82, 2.24) is 4.90 Å². The Morgan fingerprint density at radius 2 is 1.80 bits per heavy atom. The molecule has 3 N–H and O–H groups in total. The van der Waals surface area contributed by atoms with E-state index in [2.05, 4.69) is 24.1 Å². The summed E-state index contributed by atoms with van der Waals surface area (Å²) in [7, 11) is 0. The first-order valence-electron chi connectivity index (χ1n) is 7.43. The minimum atomic E-state index is -0.113. The van der Waals surface area contributed by atoms with Gasteiger partial charge in [-0.25, -0.2) is 0 Å². The molecule has 1 aromatic carbocycles. The van der Waals surface area contributed by atoms with E-state index in [1.54, 1.807) is 12.1 Å². The zero-order valence-corrected chi connectivity index (χ0v) is 12.6. The number of carbonyl (C=O) groups is 1. The molecule has 1 aliphatic rings. The second kappa shape index (κ2) is 6.27. The van der Waals surface area contributed by atoms with Gasteiger partial charge in [-0.2, -0.15) is 0 Å². The molecular formula is C16H25N3O. The maximum Gasteiger partial charge on any atom is 0.241 e. The molecular weight excluding hydrogens is 250 g/mol. The maximum absolute atomic E-state index is 12.4. The monoisotopic (exact) mass is 275 g/mol. The van der Waals surface area contributed by atoms with Crippen molar-refractivity contribution in [1.29, 1.82) is 0 Å². The van der Waals surface area contributed by atoms with Crippen molar-refractivity contribution in [3.8, 4) is 0 Å². The maximum atomic E-state index is 12.4. The number of carbonyl (C=O) groups excluding carboxylic acids is 1. The molecule has 0 aliphatic carbocycles. The summed E-state index contributed by atoms with van der Waals surface area (Å²) >= 11 is 0. The van der Waals surface area contributed by atoms with Gasteiger partial charge in [-0.3, -0.25) is 9.69 Å². The highest BCUT2D eigenvalue weighted by Crippen LogP contribution is 2.25. The number of rotatable bonds is 3. The number of amides is 1. The fraction of sp³-hybridized carbons (Fsp3) is 0.562. The fourth-order valence-electron chi connectivity index (χ4n) is 3.15. The van der Waals surface area contributed by atoms with Crippen LogP contribution in [0.15, 0.2) is 24.3 Å². The van der Waals surface area contributed by atoms with E-state index in [1.807, 2.05) is 19.1 Å². The van der Waals surface area contributed by atoms with Gasteiger partial charge in [0, 0.05) is 23.5 Å². The van der Waals surface area contributed by atoms with E-state index in [0.29, 0.717) is 17.8 Å². The molecule has 0 radical (unpaired) electrons. The molecule has 4 heteroatoms. The highest BCUT2D eigenvalue weighted by Gasteiger charge is 2.32. The van der Waals surface area contributed by atoms with Gasteiger partial charge < -0.3 is 11.1 Å². The minimum absolute atomic E-state index is 0.0513. The van der Waals surface area contributed by atoms with E-state index in [0.717, 1.165) is 5.69 Å². The van der Waals surface area contributed by atoms with Crippen molar-refractivity contribution < 1.29 is 4.79 Å². The van der Waals surface area contributed by atoms with E-state index in [4.69, 9.17) is 5.73 Å². The zero-order valence-electron chi connectivity index (χ0n) is 12.6. The Hall–Kier alpha value is -1.55. The quantitative estimate of drug-likeness (QED) is 0.834. The Kier molecular flexibility index (Phi) is 4.65. The number of piperidine rings is 1. The molecule has 0 bridgehead atoms. The Balaban J connectivity index is 2.02. The van der Waals surface area contributed by atoms with Crippen LogP contribution in [0, 0.1) is 0 Å². The van der Waals surface area contributed by atoms with Crippen molar-refractivity contribution in [2.45, 2.75) is 58.2 Å². The van der Waals surface area contributed by atoms with Gasteiger partial charge in [-0.15, -0.1) is 0 Å². The Labute approximate surface area is 121 Å². The van der Waals surface area contributed by atoms with Crippen LogP contribution < -0.4 is 11.1 Å². The van der Waals surface area contributed by atoms with Crippen LogP contribution in [0.25, 0.3) is 0 Å². The molecule has 4 nitrogen and oxygen atoms in total. The van der Waals surface area contributed by atoms with Crippen molar-refractivity contribution >= 4 is 17.3 Å². The summed E-state index contributed by atoms with van der Waals surface area (Å²) in [6.45, 7) is 6.41. The van der Waals surface area contributed by atoms with Crippen LogP contribution in [0.2, 0.25) is 0 Å². The van der Waals surface area contributed by atoms with Crippen LogP contribution in [-0.2, 0) is 4.79 Å². The molecule has 3 atom stereocenters. The summed E-state index contributed by atoms with van der Waals surface area (Å²) in [5, 5.41) is 2.97. The number of anilines is 2. The summed E-state index contributed by atoms with van der Waals surface area (Å²) in [6.07, 6.45) is 3.60. The number of benzene rings is 1. The SMILES string of the molecule is CC1CCCC(C)N1C(C)C(=O)Nc1ccc(N)cc1. The van der Waals surface area contributed by atoms with Crippen molar-refractivity contribution in [3.63, 3.8) is 0 Å². The lowest BCUT2D eigenvalue weighted by Gasteiger charge is -2.42. The predicted molar refractivity (Wildman–Crippen MR) is 83.6 cm³/mol. The lowest BCUT2D eigenvalue weighted by atomic mass is 9.95. The molecule has 1 fully saturated rings. The van der Waals surface area contributed by atoms with Crippen LogP contribution in [0.3, 0.4) is 0 Å². The molecule has 0 spiro atoms. The number of hydrogen-bond donors (Lipinski definition) is 2. The van der Waals surface area contributed by atoms with E-state index in [9.17, 15) is 4.79 Å². The third kappa shape index (κ3) is 3.31. The van der Waals surface area contributed by atoms with Crippen molar-refractivity contribution in [2.75, 3.05) is 11.1 Å². The van der Waals surface area contributed by atoms with E-state index >= 15 is 0 Å². The first-order valence-corrected chi connectivity index (χ1v) is 7.43. The second-order valence-corrected chi connectivity index (χ2v) is 5.86. The van der Waals surface area contributed by atoms with Crippen LogP contribution >= 0.6 is 0 Å². The van der Waals surface area contributed by atoms with Gasteiger partial charge in [0.1, 0.15) is 0 Å². The van der Waals surface area contributed by atoms with Crippen LogP contribution in [-0.4, -0.2) is 28.9 Å². The number of hydrogen-bond acceptors (Lipinski definition) is 3. The number of nitrogens with two attached hydrogens (primary N) is 1. The van der Waals surface area contributed by atoms with Gasteiger partial charge in [0.25, 0.3) is 0 Å². The Morgan fingerprint density at radius 3 is 2.35 bits per heavy atom. The highest BCUT2D eigenvalue weighted by atomic mass is 16.2. The Morgan fingerprint density at radius 1 is 1.25 bits per heavy atom. The van der Waals surface area contributed by atoms with Crippen LogP contribution in [0.4, 0.5) is 11.4 Å². The number of nitrogen functional groups attached to an aromatic ring is 1. The normalized spacial score (nSPS) is 25.1. The molecule has 0 saturated carbocycles. The summed E-state index contributed by atoms with van der Waals surface area (Å²) in [5.41, 5.74) is 7.15. The average molecular weight is 275 g/mol. The van der Waals surface area contributed by atoms with Crippen LogP contribution in [0.1, 0.15) is 40.0 Å². The molecule has 110 valence electrons. The molecule has 2 rings (SSSR count). The summed E-state index contributed by atoms with van der Waals surface area (Å²) < 4.78 is 0. The van der Waals surface area contributed by atoms with Gasteiger partial charge in [0.15, 0.2) is 0 Å². The summed E-state index contributed by atoms with van der Waals surface area (Å²) in [4.78, 5) is 14.7. The standard InChI is InChI=1S/C16H25N3O/c1-11-5-4-6-12(2)19(11)13(3)16(20)18-15-9-7-14(17)8-10-15/h7-13H,4-6,17H2,1-3H3,(H,18,20). The lowest BCUT2D eigenvalue weighted by Crippen LogP contribution is -2.53. The van der Waals surface area contributed by atoms with E-state index < -0.39 is 0 Å². The topological polar surface area (TPSA) is 58.4 Å². The van der Waals surface area contributed by atoms with E-state index in [-0.39, 0.29) is 11.9 Å². The van der Waals surface area contributed by atoms with Crippen molar-refractivity contribution in [3.05, 3.63) is 24.3 Å². The van der Waals surface area contributed by atoms with Gasteiger partial charge in [0.05, 0.1) is 6.04 Å². The fourth-order valence-corrected chi connectivity index (χ4v) is 3.15. The molecule has 20 heavy (non-hydrogen) atoms. The average Bonchev–Trinajstić information content (AvgIpc) is 2.41. The molecule has 1 saturated heterocycles. The second-order valence-electron chi connectivity index (χ2n) is 5.86. The Bertz CT molecular complexity index is 447. The lowest BCUT2D eigenvalue weighted by molar-refractivity contribution is -0.123.